The molecule has 160 valence electrons. The normalized spacial score (nSPS) is 16.6. The van der Waals surface area contributed by atoms with Crippen LogP contribution in [0.15, 0.2) is 49.1 Å². The monoisotopic (exact) mass is 440 g/mol. The molecule has 0 spiro atoms. The highest BCUT2D eigenvalue weighted by molar-refractivity contribution is 6.34. The van der Waals surface area contributed by atoms with E-state index in [2.05, 4.69) is 21.4 Å². The molecule has 1 aliphatic heterocycles. The molecule has 1 aliphatic rings. The molecule has 0 saturated carbocycles. The molecule has 1 saturated heterocycles. The van der Waals surface area contributed by atoms with Crippen LogP contribution in [0.5, 0.6) is 0 Å². The molecule has 0 unspecified atom stereocenters. The molecule has 1 amide bonds. The zero-order chi connectivity index (χ0) is 22.1. The summed E-state index contributed by atoms with van der Waals surface area (Å²) in [4.78, 5) is 25.1. The summed E-state index contributed by atoms with van der Waals surface area (Å²) < 4.78 is 14.4. The maximum atomic E-state index is 14.4. The molecule has 0 radical (unpaired) electrons. The van der Waals surface area contributed by atoms with Crippen molar-refractivity contribution in [3.63, 3.8) is 0 Å². The standard InChI is InChI=1S/C23H22ClFN4O2/c1-3-21(31)28-8-9-29(14(2)12-28)23-17-11-18(24)22(16-6-4-5-7-19(16)25)27-20(17)10-15(13-30)26-23/h3-7,10-11,14,30H,1,8-9,12-13H2,2H3/t14-/m0/s1. The zero-order valence-electron chi connectivity index (χ0n) is 17.1. The van der Waals surface area contributed by atoms with E-state index >= 15 is 0 Å². The van der Waals surface area contributed by atoms with Crippen LogP contribution in [0.2, 0.25) is 5.02 Å². The van der Waals surface area contributed by atoms with Crippen molar-refractivity contribution in [1.82, 2.24) is 14.9 Å². The highest BCUT2D eigenvalue weighted by Gasteiger charge is 2.28. The maximum Gasteiger partial charge on any atom is 0.246 e. The predicted octanol–water partition coefficient (Wildman–Crippen LogP) is 3.80. The maximum absolute atomic E-state index is 14.4. The summed E-state index contributed by atoms with van der Waals surface area (Å²) in [5.41, 5.74) is 1.66. The van der Waals surface area contributed by atoms with Crippen molar-refractivity contribution in [3.8, 4) is 11.3 Å². The number of carbonyl (C=O) groups excluding carboxylic acids is 1. The van der Waals surface area contributed by atoms with Gasteiger partial charge in [-0.1, -0.05) is 30.3 Å². The van der Waals surface area contributed by atoms with Crippen LogP contribution in [-0.2, 0) is 11.4 Å². The molecule has 4 rings (SSSR count). The van der Waals surface area contributed by atoms with Crippen LogP contribution in [0.1, 0.15) is 12.6 Å². The van der Waals surface area contributed by atoms with Gasteiger partial charge in [0, 0.05) is 36.6 Å². The highest BCUT2D eigenvalue weighted by atomic mass is 35.5. The van der Waals surface area contributed by atoms with Crippen LogP contribution < -0.4 is 4.90 Å². The average Bonchev–Trinajstić information content (AvgIpc) is 2.78. The number of aliphatic hydroxyl groups excluding tert-OH is 1. The zero-order valence-corrected chi connectivity index (χ0v) is 17.8. The van der Waals surface area contributed by atoms with E-state index in [9.17, 15) is 14.3 Å². The summed E-state index contributed by atoms with van der Waals surface area (Å²) in [6.45, 7) is 6.91. The number of rotatable bonds is 4. The van der Waals surface area contributed by atoms with Crippen LogP contribution in [0.25, 0.3) is 22.2 Å². The molecule has 3 aromatic rings. The number of benzene rings is 1. The van der Waals surface area contributed by atoms with Gasteiger partial charge in [-0.3, -0.25) is 4.79 Å². The number of fused-ring (bicyclic) bond motifs is 1. The number of nitrogens with zero attached hydrogens (tertiary/aromatic N) is 4. The Bertz CT molecular complexity index is 1170. The van der Waals surface area contributed by atoms with Gasteiger partial charge in [0.25, 0.3) is 0 Å². The third-order valence-electron chi connectivity index (χ3n) is 5.48. The quantitative estimate of drug-likeness (QED) is 0.625. The van der Waals surface area contributed by atoms with Crippen LogP contribution in [0.4, 0.5) is 10.2 Å². The minimum atomic E-state index is -0.412. The summed E-state index contributed by atoms with van der Waals surface area (Å²) in [6.07, 6.45) is 1.32. The Balaban J connectivity index is 1.81. The van der Waals surface area contributed by atoms with E-state index in [1.54, 1.807) is 35.2 Å². The minimum absolute atomic E-state index is 0.0210. The smallest absolute Gasteiger partial charge is 0.246 e. The van der Waals surface area contributed by atoms with E-state index < -0.39 is 5.82 Å². The lowest BCUT2D eigenvalue weighted by molar-refractivity contribution is -0.126. The van der Waals surface area contributed by atoms with Crippen molar-refractivity contribution in [2.75, 3.05) is 24.5 Å². The number of hydrogen-bond acceptors (Lipinski definition) is 5. The first-order valence-electron chi connectivity index (χ1n) is 9.96. The first-order chi connectivity index (χ1) is 14.9. The minimum Gasteiger partial charge on any atom is -0.390 e. The molecule has 3 heterocycles. The third-order valence-corrected chi connectivity index (χ3v) is 5.76. The molecule has 1 fully saturated rings. The fourth-order valence-corrected chi connectivity index (χ4v) is 4.18. The number of amides is 1. The lowest BCUT2D eigenvalue weighted by Crippen LogP contribution is -2.53. The molecule has 8 heteroatoms. The van der Waals surface area contributed by atoms with E-state index in [4.69, 9.17) is 11.6 Å². The van der Waals surface area contributed by atoms with Gasteiger partial charge in [-0.2, -0.15) is 0 Å². The van der Waals surface area contributed by atoms with Crippen molar-refractivity contribution in [3.05, 3.63) is 65.6 Å². The topological polar surface area (TPSA) is 69.6 Å². The van der Waals surface area contributed by atoms with Crippen LogP contribution in [0.3, 0.4) is 0 Å². The van der Waals surface area contributed by atoms with Crippen molar-refractivity contribution >= 4 is 34.2 Å². The number of anilines is 1. The van der Waals surface area contributed by atoms with Gasteiger partial charge >= 0.3 is 0 Å². The molecule has 1 aromatic carbocycles. The Labute approximate surface area is 184 Å². The number of piperazine rings is 1. The van der Waals surface area contributed by atoms with E-state index in [0.29, 0.717) is 58.3 Å². The van der Waals surface area contributed by atoms with Crippen LogP contribution >= 0.6 is 11.6 Å². The third kappa shape index (κ3) is 3.98. The van der Waals surface area contributed by atoms with Crippen LogP contribution in [-0.4, -0.2) is 51.6 Å². The molecule has 1 N–H and O–H groups in total. The van der Waals surface area contributed by atoms with E-state index in [1.807, 2.05) is 6.92 Å². The van der Waals surface area contributed by atoms with Gasteiger partial charge in [0.1, 0.15) is 11.6 Å². The second-order valence-electron chi connectivity index (χ2n) is 7.49. The lowest BCUT2D eigenvalue weighted by Gasteiger charge is -2.40. The second kappa shape index (κ2) is 8.61. The van der Waals surface area contributed by atoms with Crippen molar-refractivity contribution < 1.29 is 14.3 Å². The largest absolute Gasteiger partial charge is 0.390 e. The predicted molar refractivity (Wildman–Crippen MR) is 119 cm³/mol. The Morgan fingerprint density at radius 2 is 2.10 bits per heavy atom. The van der Waals surface area contributed by atoms with Gasteiger partial charge in [-0.25, -0.2) is 14.4 Å². The van der Waals surface area contributed by atoms with Gasteiger partial charge in [0.15, 0.2) is 0 Å². The first-order valence-corrected chi connectivity index (χ1v) is 10.3. The van der Waals surface area contributed by atoms with Gasteiger partial charge in [0.05, 0.1) is 28.5 Å². The van der Waals surface area contributed by atoms with Crippen molar-refractivity contribution in [2.45, 2.75) is 19.6 Å². The summed E-state index contributed by atoms with van der Waals surface area (Å²) in [5, 5.41) is 10.8. The van der Waals surface area contributed by atoms with Gasteiger partial charge in [-0.05, 0) is 37.3 Å². The van der Waals surface area contributed by atoms with E-state index in [0.717, 1.165) is 0 Å². The van der Waals surface area contributed by atoms with Gasteiger partial charge in [-0.15, -0.1) is 0 Å². The molecule has 31 heavy (non-hydrogen) atoms. The Morgan fingerprint density at radius 3 is 2.77 bits per heavy atom. The van der Waals surface area contributed by atoms with Crippen molar-refractivity contribution in [1.29, 1.82) is 0 Å². The van der Waals surface area contributed by atoms with Gasteiger partial charge < -0.3 is 14.9 Å². The number of halogens is 2. The number of aliphatic hydroxyl groups is 1. The number of carbonyl (C=O) groups is 1. The van der Waals surface area contributed by atoms with E-state index in [-0.39, 0.29) is 18.6 Å². The molecule has 2 aromatic heterocycles. The van der Waals surface area contributed by atoms with Crippen LogP contribution in [0, 0.1) is 5.82 Å². The molecule has 0 bridgehead atoms. The summed E-state index contributed by atoms with van der Waals surface area (Å²) in [6, 6.07) is 9.72. The Kier molecular flexibility index (Phi) is 5.89. The lowest BCUT2D eigenvalue weighted by atomic mass is 10.1. The van der Waals surface area contributed by atoms with Gasteiger partial charge in [0.2, 0.25) is 5.91 Å². The van der Waals surface area contributed by atoms with Crippen molar-refractivity contribution in [2.24, 2.45) is 0 Å². The fraction of sp³-hybridized carbons (Fsp3) is 0.261. The summed E-state index contributed by atoms with van der Waals surface area (Å²) in [7, 11) is 0. The molecule has 6 nitrogen and oxygen atoms in total. The molecule has 1 atom stereocenters. The highest BCUT2D eigenvalue weighted by Crippen LogP contribution is 2.35. The molecule has 0 aliphatic carbocycles. The Hall–Kier alpha value is -3.03. The number of aromatic nitrogens is 2. The van der Waals surface area contributed by atoms with E-state index in [1.165, 1.54) is 12.1 Å². The molecular weight excluding hydrogens is 419 g/mol. The Morgan fingerprint density at radius 1 is 1.32 bits per heavy atom. The summed E-state index contributed by atoms with van der Waals surface area (Å²) >= 11 is 6.53. The fourth-order valence-electron chi connectivity index (χ4n) is 3.92. The SMILES string of the molecule is C=CC(=O)N1CCN(c2nc(CO)cc3nc(-c4ccccc4F)c(Cl)cc23)[C@@H](C)C1. The first kappa shape index (κ1) is 21.2. The number of pyridine rings is 2. The average molecular weight is 441 g/mol. The molecular formula is C23H22ClFN4O2. The summed E-state index contributed by atoms with van der Waals surface area (Å²) in [5.74, 6) is 0.117. The second-order valence-corrected chi connectivity index (χ2v) is 7.90. The number of hydrogen-bond donors (Lipinski definition) is 1.